The van der Waals surface area contributed by atoms with Crippen LogP contribution < -0.4 is 11.1 Å². The maximum atomic E-state index is 14.4. The first-order valence-corrected chi connectivity index (χ1v) is 11.2. The molecule has 182 valence electrons. The van der Waals surface area contributed by atoms with E-state index in [4.69, 9.17) is 5.73 Å². The average molecular weight is 502 g/mol. The fraction of sp³-hybridized carbons (Fsp3) is 0.409. The molecule has 3 N–H and O–H groups in total. The van der Waals surface area contributed by atoms with Crippen molar-refractivity contribution in [2.24, 2.45) is 11.1 Å². The van der Waals surface area contributed by atoms with Gasteiger partial charge in [-0.2, -0.15) is 43.4 Å². The van der Waals surface area contributed by atoms with Gasteiger partial charge >= 0.3 is 12.4 Å². The minimum Gasteiger partial charge on any atom is -0.368 e. The second-order valence-corrected chi connectivity index (χ2v) is 9.00. The second kappa shape index (κ2) is 9.11. The Kier molecular flexibility index (Phi) is 6.92. The largest absolute Gasteiger partial charge is 0.419 e. The van der Waals surface area contributed by atoms with Gasteiger partial charge in [-0.1, -0.05) is 36.4 Å². The topological polar surface area (TPSA) is 91.8 Å². The molecule has 0 spiro atoms. The number of thioether (sulfide) groups is 1. The molecule has 1 aromatic carbocycles. The third-order valence-corrected chi connectivity index (χ3v) is 7.09. The Balaban J connectivity index is 2.15. The lowest BCUT2D eigenvalue weighted by Gasteiger charge is -2.47. The van der Waals surface area contributed by atoms with Crippen molar-refractivity contribution in [3.8, 4) is 6.07 Å². The molecular weight excluding hydrogens is 482 g/mol. The lowest BCUT2D eigenvalue weighted by molar-refractivity contribution is -0.319. The SMILES string of the molecule is N#CC1([C@@](CSCc2ccccn2)(NC(c2ccccc2)(C(F)(F)F)C(F)(F)F)C(N)=O)CC1. The molecule has 1 amide bonds. The van der Waals surface area contributed by atoms with Crippen molar-refractivity contribution in [1.82, 2.24) is 10.3 Å². The first-order valence-electron chi connectivity index (χ1n) is 10.0. The first kappa shape index (κ1) is 25.8. The Morgan fingerprint density at radius 1 is 1.06 bits per heavy atom. The molecule has 1 fully saturated rings. The van der Waals surface area contributed by atoms with Gasteiger partial charge in [-0.15, -0.1) is 0 Å². The van der Waals surface area contributed by atoms with Gasteiger partial charge in [0.1, 0.15) is 5.54 Å². The number of hydrogen-bond donors (Lipinski definition) is 2. The number of nitrogens with one attached hydrogen (secondary N) is 1. The highest BCUT2D eigenvalue weighted by molar-refractivity contribution is 7.98. The Morgan fingerprint density at radius 2 is 1.65 bits per heavy atom. The van der Waals surface area contributed by atoms with E-state index in [1.807, 2.05) is 0 Å². The molecule has 1 aliphatic carbocycles. The summed E-state index contributed by atoms with van der Waals surface area (Å²) in [7, 11) is 0. The maximum absolute atomic E-state index is 14.4. The molecule has 0 bridgehead atoms. The van der Waals surface area contributed by atoms with E-state index in [-0.39, 0.29) is 18.6 Å². The van der Waals surface area contributed by atoms with Crippen molar-refractivity contribution >= 4 is 17.7 Å². The van der Waals surface area contributed by atoms with Crippen LogP contribution >= 0.6 is 11.8 Å². The van der Waals surface area contributed by atoms with Gasteiger partial charge in [0.15, 0.2) is 0 Å². The van der Waals surface area contributed by atoms with Gasteiger partial charge in [-0.05, 0) is 30.5 Å². The minimum atomic E-state index is -5.93. The smallest absolute Gasteiger partial charge is 0.368 e. The summed E-state index contributed by atoms with van der Waals surface area (Å²) in [5.41, 5.74) is -4.27. The molecule has 0 aliphatic heterocycles. The molecule has 34 heavy (non-hydrogen) atoms. The molecule has 1 heterocycles. The highest BCUT2D eigenvalue weighted by Crippen LogP contribution is 2.59. The van der Waals surface area contributed by atoms with Crippen LogP contribution in [0.15, 0.2) is 54.7 Å². The number of amides is 1. The third-order valence-electron chi connectivity index (χ3n) is 5.95. The summed E-state index contributed by atoms with van der Waals surface area (Å²) in [6.07, 6.45) is -10.5. The molecule has 1 atom stereocenters. The molecule has 0 radical (unpaired) electrons. The number of carbonyl (C=O) groups excluding carboxylic acids is 1. The Labute approximate surface area is 195 Å². The van der Waals surface area contributed by atoms with Crippen molar-refractivity contribution in [3.05, 3.63) is 66.0 Å². The van der Waals surface area contributed by atoms with Crippen LogP contribution in [0.25, 0.3) is 0 Å². The number of hydrogen-bond acceptors (Lipinski definition) is 5. The molecule has 1 aromatic heterocycles. The number of nitrogens with zero attached hydrogens (tertiary/aromatic N) is 2. The van der Waals surface area contributed by atoms with Crippen LogP contribution in [0, 0.1) is 16.7 Å². The molecule has 3 rings (SSSR count). The van der Waals surface area contributed by atoms with Gasteiger partial charge in [0, 0.05) is 17.7 Å². The van der Waals surface area contributed by atoms with Gasteiger partial charge < -0.3 is 5.73 Å². The number of alkyl halides is 6. The van der Waals surface area contributed by atoms with Crippen LogP contribution in [-0.4, -0.2) is 34.5 Å². The molecule has 2 aromatic rings. The van der Waals surface area contributed by atoms with Gasteiger partial charge in [0.2, 0.25) is 11.4 Å². The van der Waals surface area contributed by atoms with Crippen molar-refractivity contribution in [3.63, 3.8) is 0 Å². The van der Waals surface area contributed by atoms with Gasteiger partial charge in [0.25, 0.3) is 0 Å². The van der Waals surface area contributed by atoms with Crippen molar-refractivity contribution in [2.75, 3.05) is 5.75 Å². The van der Waals surface area contributed by atoms with E-state index in [0.717, 1.165) is 23.9 Å². The minimum absolute atomic E-state index is 0.0788. The summed E-state index contributed by atoms with van der Waals surface area (Å²) in [6.45, 7) is 0. The van der Waals surface area contributed by atoms with E-state index in [1.165, 1.54) is 12.3 Å². The summed E-state index contributed by atoms with van der Waals surface area (Å²) >= 11 is 0.869. The number of carbonyl (C=O) groups is 1. The zero-order chi connectivity index (χ0) is 25.3. The molecule has 1 saturated carbocycles. The van der Waals surface area contributed by atoms with Crippen molar-refractivity contribution in [2.45, 2.75) is 42.0 Å². The first-order chi connectivity index (χ1) is 15.9. The zero-order valence-corrected chi connectivity index (χ0v) is 18.4. The van der Waals surface area contributed by atoms with Crippen LogP contribution in [0.3, 0.4) is 0 Å². The van der Waals surface area contributed by atoms with Crippen LogP contribution in [0.2, 0.25) is 0 Å². The Morgan fingerprint density at radius 3 is 2.09 bits per heavy atom. The van der Waals surface area contributed by atoms with E-state index in [1.54, 1.807) is 29.6 Å². The van der Waals surface area contributed by atoms with Gasteiger partial charge in [0.05, 0.1) is 17.2 Å². The fourth-order valence-electron chi connectivity index (χ4n) is 3.92. The van der Waals surface area contributed by atoms with E-state index >= 15 is 0 Å². The van der Waals surface area contributed by atoms with Crippen LogP contribution in [0.1, 0.15) is 24.1 Å². The average Bonchev–Trinajstić information content (AvgIpc) is 3.57. The summed E-state index contributed by atoms with van der Waals surface area (Å²) in [5.74, 6) is -1.99. The third kappa shape index (κ3) is 4.34. The lowest BCUT2D eigenvalue weighted by atomic mass is 9.77. The fourth-order valence-corrected chi connectivity index (χ4v) is 5.20. The second-order valence-electron chi connectivity index (χ2n) is 8.01. The summed E-state index contributed by atoms with van der Waals surface area (Å²) in [4.78, 5) is 16.8. The summed E-state index contributed by atoms with van der Waals surface area (Å²) in [5, 5.41) is 11.4. The quantitative estimate of drug-likeness (QED) is 0.495. The van der Waals surface area contributed by atoms with Crippen LogP contribution in [-0.2, 0) is 16.1 Å². The standard InChI is InChI=1S/C22H20F6N4OS/c23-21(24,25)20(22(26,27)28,15-6-2-1-3-7-15)32-19(17(30)33,18(13-29)9-10-18)14-34-12-16-8-4-5-11-31-16/h1-8,11,32H,9-10,12,14H2,(H2,30,33)/t19-/m0/s1. The monoisotopic (exact) mass is 502 g/mol. The van der Waals surface area contributed by atoms with Gasteiger partial charge in [-0.3, -0.25) is 15.1 Å². The van der Waals surface area contributed by atoms with Crippen molar-refractivity contribution in [1.29, 1.82) is 5.26 Å². The number of nitriles is 1. The number of rotatable bonds is 9. The highest BCUT2D eigenvalue weighted by Gasteiger charge is 2.77. The molecule has 0 saturated heterocycles. The summed E-state index contributed by atoms with van der Waals surface area (Å²) < 4.78 is 86.5. The zero-order valence-electron chi connectivity index (χ0n) is 17.6. The Hall–Kier alpha value is -2.78. The highest BCUT2D eigenvalue weighted by atomic mass is 32.2. The molecule has 0 unspecified atom stereocenters. The molecular formula is C22H20F6N4OS. The maximum Gasteiger partial charge on any atom is 0.419 e. The number of pyridine rings is 1. The number of nitrogens with two attached hydrogens (primary N) is 1. The summed E-state index contributed by atoms with van der Waals surface area (Å²) in [6, 6.07) is 11.4. The normalized spacial score (nSPS) is 17.4. The van der Waals surface area contributed by atoms with Crippen LogP contribution in [0.5, 0.6) is 0 Å². The predicted molar refractivity (Wildman–Crippen MR) is 113 cm³/mol. The molecule has 1 aliphatic rings. The predicted octanol–water partition coefficient (Wildman–Crippen LogP) is 4.45. The van der Waals surface area contributed by atoms with Crippen molar-refractivity contribution < 1.29 is 31.1 Å². The molecule has 12 heteroatoms. The Bertz CT molecular complexity index is 1040. The van der Waals surface area contributed by atoms with Gasteiger partial charge in [-0.25, -0.2) is 0 Å². The number of halogens is 6. The number of primary amides is 1. The van der Waals surface area contributed by atoms with E-state index in [0.29, 0.717) is 17.8 Å². The van der Waals surface area contributed by atoms with Crippen LogP contribution in [0.4, 0.5) is 26.3 Å². The van der Waals surface area contributed by atoms with E-state index in [2.05, 4.69) is 4.98 Å². The number of benzene rings is 1. The molecule has 5 nitrogen and oxygen atoms in total. The number of aromatic nitrogens is 1. The lowest BCUT2D eigenvalue weighted by Crippen LogP contribution is -2.75. The van der Waals surface area contributed by atoms with E-state index < -0.39 is 46.1 Å². The van der Waals surface area contributed by atoms with E-state index in [9.17, 15) is 36.4 Å².